The van der Waals surface area contributed by atoms with E-state index < -0.39 is 0 Å². The number of carbonyl (C=O) groups is 1. The highest BCUT2D eigenvalue weighted by Crippen LogP contribution is 2.51. The van der Waals surface area contributed by atoms with Crippen molar-refractivity contribution in [1.29, 1.82) is 0 Å². The van der Waals surface area contributed by atoms with Gasteiger partial charge in [-0.2, -0.15) is 0 Å². The highest BCUT2D eigenvalue weighted by atomic mass is 19.1. The van der Waals surface area contributed by atoms with E-state index in [-0.39, 0.29) is 18.0 Å². The van der Waals surface area contributed by atoms with E-state index >= 15 is 0 Å². The number of nitrogens with two attached hydrogens (primary N) is 1. The molecule has 3 unspecified atom stereocenters. The maximum absolute atomic E-state index is 13.2. The van der Waals surface area contributed by atoms with Crippen LogP contribution < -0.4 is 5.73 Å². The normalized spacial score (nSPS) is 25.0. The van der Waals surface area contributed by atoms with Crippen LogP contribution in [-0.4, -0.2) is 24.3 Å². The zero-order valence-electron chi connectivity index (χ0n) is 20.0. The summed E-state index contributed by atoms with van der Waals surface area (Å²) in [7, 11) is 2.26. The summed E-state index contributed by atoms with van der Waals surface area (Å²) in [5, 5.41) is 0. The summed E-state index contributed by atoms with van der Waals surface area (Å²) >= 11 is 0. The number of halogens is 1. The lowest BCUT2D eigenvalue weighted by Crippen LogP contribution is -2.43. The number of fused-ring (bicyclic) bond motifs is 2. The number of hydrogen-bond acceptors (Lipinski definition) is 3. The molecule has 2 fully saturated rings. The first-order valence-electron chi connectivity index (χ1n) is 12.3. The minimum atomic E-state index is -0.388. The van der Waals surface area contributed by atoms with Gasteiger partial charge >= 0.3 is 0 Å². The van der Waals surface area contributed by atoms with Crippen LogP contribution in [0.3, 0.4) is 0 Å². The Hall–Kier alpha value is -2.46. The average Bonchev–Trinajstić information content (AvgIpc) is 2.74. The highest BCUT2D eigenvalue weighted by Gasteiger charge is 2.42. The van der Waals surface area contributed by atoms with Crippen molar-refractivity contribution in [3.05, 3.63) is 71.0 Å². The quantitative estimate of drug-likeness (QED) is 0.382. The molecule has 4 heteroatoms. The number of hydrogen-bond donors (Lipinski definition) is 1. The standard InChI is InChI=1S/C29H37FN2O/c1-21-14-24-4-3-13-29(17-21,18-24)20-32(2)19-23-7-5-22(6-8-23)9-12-27(33)15-25-10-11-26(30)16-28(25)31/h5-12,16,21,24H,3-4,13-15,17-20,31H2,1-2H3/b12-9+. The van der Waals surface area contributed by atoms with E-state index in [1.54, 1.807) is 12.1 Å². The van der Waals surface area contributed by atoms with Crippen molar-refractivity contribution in [2.75, 3.05) is 19.3 Å². The summed E-state index contributed by atoms with van der Waals surface area (Å²) in [5.41, 5.74) is 9.59. The molecule has 2 bridgehead atoms. The molecule has 176 valence electrons. The van der Waals surface area contributed by atoms with Crippen LogP contribution >= 0.6 is 0 Å². The summed E-state index contributed by atoms with van der Waals surface area (Å²) in [4.78, 5) is 14.8. The van der Waals surface area contributed by atoms with Crippen molar-refractivity contribution < 1.29 is 9.18 Å². The molecule has 0 heterocycles. The molecule has 3 atom stereocenters. The van der Waals surface area contributed by atoms with Crippen LogP contribution in [0.5, 0.6) is 0 Å². The van der Waals surface area contributed by atoms with Crippen LogP contribution in [0.25, 0.3) is 6.08 Å². The number of nitrogens with zero attached hydrogens (tertiary/aromatic N) is 1. The Labute approximate surface area is 197 Å². The number of nitrogen functional groups attached to an aromatic ring is 1. The van der Waals surface area contributed by atoms with Crippen LogP contribution in [0.15, 0.2) is 48.5 Å². The minimum Gasteiger partial charge on any atom is -0.398 e. The molecule has 2 aliphatic rings. The van der Waals surface area contributed by atoms with Gasteiger partial charge in [0.05, 0.1) is 0 Å². The fraction of sp³-hybridized carbons (Fsp3) is 0.483. The molecular weight excluding hydrogens is 411 g/mol. The van der Waals surface area contributed by atoms with Gasteiger partial charge in [0.15, 0.2) is 5.78 Å². The van der Waals surface area contributed by atoms with Crippen LogP contribution in [0, 0.1) is 23.1 Å². The van der Waals surface area contributed by atoms with Gasteiger partial charge < -0.3 is 10.6 Å². The summed E-state index contributed by atoms with van der Waals surface area (Å²) < 4.78 is 13.2. The molecule has 2 N–H and O–H groups in total. The second-order valence-electron chi connectivity index (χ2n) is 10.7. The van der Waals surface area contributed by atoms with E-state index in [1.165, 1.54) is 62.8 Å². The zero-order valence-corrected chi connectivity index (χ0v) is 20.0. The van der Waals surface area contributed by atoms with Crippen molar-refractivity contribution in [3.63, 3.8) is 0 Å². The van der Waals surface area contributed by atoms with Gasteiger partial charge in [0, 0.05) is 25.2 Å². The Morgan fingerprint density at radius 2 is 2.00 bits per heavy atom. The fourth-order valence-corrected chi connectivity index (χ4v) is 6.41. The van der Waals surface area contributed by atoms with E-state index in [0.717, 1.165) is 23.9 Å². The maximum Gasteiger partial charge on any atom is 0.160 e. The molecule has 4 rings (SSSR count). The summed E-state index contributed by atoms with van der Waals surface area (Å²) in [6, 6.07) is 12.6. The molecule has 2 saturated carbocycles. The number of ketones is 1. The van der Waals surface area contributed by atoms with E-state index in [4.69, 9.17) is 5.73 Å². The average molecular weight is 449 g/mol. The topological polar surface area (TPSA) is 46.3 Å². The van der Waals surface area contributed by atoms with E-state index in [0.29, 0.717) is 16.7 Å². The summed E-state index contributed by atoms with van der Waals surface area (Å²) in [6.07, 6.45) is 12.0. The van der Waals surface area contributed by atoms with E-state index in [9.17, 15) is 9.18 Å². The predicted octanol–water partition coefficient (Wildman–Crippen LogP) is 6.27. The van der Waals surface area contributed by atoms with Crippen molar-refractivity contribution >= 4 is 17.5 Å². The third-order valence-electron chi connectivity index (χ3n) is 7.53. The zero-order chi connectivity index (χ0) is 23.4. The maximum atomic E-state index is 13.2. The van der Waals surface area contributed by atoms with Gasteiger partial charge in [-0.1, -0.05) is 56.2 Å². The lowest BCUT2D eigenvalue weighted by molar-refractivity contribution is -0.113. The smallest absolute Gasteiger partial charge is 0.160 e. The molecule has 0 amide bonds. The molecule has 0 aromatic heterocycles. The summed E-state index contributed by atoms with van der Waals surface area (Å²) in [6.45, 7) is 4.59. The molecule has 0 saturated heterocycles. The number of allylic oxidation sites excluding steroid dienone is 1. The minimum absolute atomic E-state index is 0.0520. The third-order valence-corrected chi connectivity index (χ3v) is 7.53. The lowest BCUT2D eigenvalue weighted by atomic mass is 9.59. The largest absolute Gasteiger partial charge is 0.398 e. The first-order chi connectivity index (χ1) is 15.8. The van der Waals surface area contributed by atoms with Gasteiger partial charge in [-0.15, -0.1) is 0 Å². The van der Waals surface area contributed by atoms with Crippen molar-refractivity contribution in [2.45, 2.75) is 58.4 Å². The van der Waals surface area contributed by atoms with E-state index in [2.05, 4.69) is 43.1 Å². The second kappa shape index (κ2) is 10.2. The monoisotopic (exact) mass is 448 g/mol. The van der Waals surface area contributed by atoms with Crippen LogP contribution in [0.4, 0.5) is 10.1 Å². The molecule has 0 spiro atoms. The molecule has 2 aromatic rings. The van der Waals surface area contributed by atoms with Crippen molar-refractivity contribution in [2.24, 2.45) is 17.3 Å². The number of carbonyl (C=O) groups excluding carboxylic acids is 1. The SMILES string of the molecule is CC1CC2CCCC(CN(C)Cc3ccc(/C=C/C(=O)Cc4ccc(F)cc4N)cc3)(C1)C2. The van der Waals surface area contributed by atoms with Gasteiger partial charge in [-0.3, -0.25) is 4.79 Å². The Balaban J connectivity index is 1.30. The van der Waals surface area contributed by atoms with Gasteiger partial charge in [0.2, 0.25) is 0 Å². The Bertz CT molecular complexity index is 995. The molecular formula is C29H37FN2O. The Kier molecular flexibility index (Phi) is 7.33. The first kappa shape index (κ1) is 23.7. The van der Waals surface area contributed by atoms with Gasteiger partial charge in [0.1, 0.15) is 5.82 Å². The number of rotatable bonds is 8. The predicted molar refractivity (Wildman–Crippen MR) is 134 cm³/mol. The van der Waals surface area contributed by atoms with Gasteiger partial charge in [0.25, 0.3) is 0 Å². The number of benzene rings is 2. The molecule has 0 radical (unpaired) electrons. The third kappa shape index (κ3) is 6.32. The molecule has 3 nitrogen and oxygen atoms in total. The number of anilines is 1. The molecule has 0 aliphatic heterocycles. The molecule has 2 aliphatic carbocycles. The van der Waals surface area contributed by atoms with Gasteiger partial charge in [-0.25, -0.2) is 4.39 Å². The molecule has 2 aromatic carbocycles. The van der Waals surface area contributed by atoms with E-state index in [1.807, 2.05) is 6.08 Å². The first-order valence-corrected chi connectivity index (χ1v) is 12.3. The van der Waals surface area contributed by atoms with Gasteiger partial charge in [-0.05, 0) is 84.9 Å². The lowest BCUT2D eigenvalue weighted by Gasteiger charge is -2.49. The van der Waals surface area contributed by atoms with Crippen LogP contribution in [0.1, 0.15) is 62.1 Å². The Morgan fingerprint density at radius 3 is 2.76 bits per heavy atom. The second-order valence-corrected chi connectivity index (χ2v) is 10.7. The highest BCUT2D eigenvalue weighted by molar-refractivity contribution is 5.95. The summed E-state index contributed by atoms with van der Waals surface area (Å²) in [5.74, 6) is 1.37. The van der Waals surface area contributed by atoms with Crippen LogP contribution in [0.2, 0.25) is 0 Å². The fourth-order valence-electron chi connectivity index (χ4n) is 6.41. The van der Waals surface area contributed by atoms with Crippen LogP contribution in [-0.2, 0) is 17.8 Å². The Morgan fingerprint density at radius 1 is 1.21 bits per heavy atom. The molecule has 33 heavy (non-hydrogen) atoms. The van der Waals surface area contributed by atoms with Crippen molar-refractivity contribution in [3.8, 4) is 0 Å². The van der Waals surface area contributed by atoms with Crippen molar-refractivity contribution in [1.82, 2.24) is 4.90 Å².